The number of likely N-dealkylation sites (tertiary alicyclic amines) is 1. The minimum atomic E-state index is 0.461. The minimum Gasteiger partial charge on any atom is -0.488 e. The lowest BCUT2D eigenvalue weighted by Gasteiger charge is -2.32. The van der Waals surface area contributed by atoms with Gasteiger partial charge in [-0.15, -0.1) is 0 Å². The van der Waals surface area contributed by atoms with Crippen molar-refractivity contribution in [2.75, 3.05) is 13.1 Å². The van der Waals surface area contributed by atoms with Crippen LogP contribution in [0.2, 0.25) is 5.02 Å². The zero-order chi connectivity index (χ0) is 23.2. The lowest BCUT2D eigenvalue weighted by Crippen LogP contribution is -2.41. The van der Waals surface area contributed by atoms with Crippen LogP contribution in [0, 0.1) is 0 Å². The van der Waals surface area contributed by atoms with Gasteiger partial charge in [0, 0.05) is 35.3 Å². The van der Waals surface area contributed by atoms with E-state index < -0.39 is 0 Å². The van der Waals surface area contributed by atoms with Gasteiger partial charge in [0.05, 0.1) is 0 Å². The maximum Gasteiger partial charge on any atom is 0.124 e. The van der Waals surface area contributed by atoms with E-state index in [0.717, 1.165) is 55.4 Å². The predicted molar refractivity (Wildman–Crippen MR) is 141 cm³/mol. The highest BCUT2D eigenvalue weighted by Crippen LogP contribution is 2.30. The monoisotopic (exact) mass is 470 g/mol. The Labute approximate surface area is 207 Å². The molecule has 1 aliphatic rings. The average Bonchev–Trinajstić information content (AvgIpc) is 2.88. The molecule has 1 N–H and O–H groups in total. The van der Waals surface area contributed by atoms with E-state index in [2.05, 4.69) is 76.9 Å². The summed E-state index contributed by atoms with van der Waals surface area (Å²) >= 11 is 6.35. The molecule has 4 heteroatoms. The maximum absolute atomic E-state index is 6.35. The largest absolute Gasteiger partial charge is 0.488 e. The topological polar surface area (TPSA) is 24.5 Å². The summed E-state index contributed by atoms with van der Waals surface area (Å²) in [5, 5.41) is 7.05. The predicted octanol–water partition coefficient (Wildman–Crippen LogP) is 6.83. The van der Waals surface area contributed by atoms with Crippen LogP contribution < -0.4 is 10.1 Å². The Morgan fingerprint density at radius 1 is 0.824 bits per heavy atom. The number of rotatable bonds is 8. The van der Waals surface area contributed by atoms with E-state index in [-0.39, 0.29) is 0 Å². The molecule has 174 valence electrons. The Hall–Kier alpha value is -2.85. The Balaban J connectivity index is 1.24. The zero-order valence-corrected chi connectivity index (χ0v) is 20.2. The van der Waals surface area contributed by atoms with Gasteiger partial charge in [0.15, 0.2) is 0 Å². The van der Waals surface area contributed by atoms with Crippen LogP contribution >= 0.6 is 11.6 Å². The van der Waals surface area contributed by atoms with Crippen molar-refractivity contribution in [3.63, 3.8) is 0 Å². The van der Waals surface area contributed by atoms with Gasteiger partial charge in [-0.3, -0.25) is 4.90 Å². The first-order chi connectivity index (χ1) is 16.8. The number of nitrogens with one attached hydrogen (secondary N) is 1. The molecule has 3 nitrogen and oxygen atoms in total. The van der Waals surface area contributed by atoms with E-state index in [1.54, 1.807) is 0 Å². The van der Waals surface area contributed by atoms with Crippen LogP contribution in [0.4, 0.5) is 0 Å². The van der Waals surface area contributed by atoms with Crippen molar-refractivity contribution in [2.24, 2.45) is 0 Å². The zero-order valence-electron chi connectivity index (χ0n) is 19.4. The number of piperidine rings is 1. The van der Waals surface area contributed by atoms with Crippen LogP contribution in [0.3, 0.4) is 0 Å². The van der Waals surface area contributed by atoms with Gasteiger partial charge in [0.25, 0.3) is 0 Å². The standard InChI is InChI=1S/C30H31ClN2O/c31-29-13-7-5-11-25(29)22-34-30-15-14-24-10-4-6-12-27(24)28(30)20-32-26-16-18-33(19-17-26)21-23-8-2-1-3-9-23/h1-15,26,32H,16-22H2. The molecule has 1 aliphatic heterocycles. The van der Waals surface area contributed by atoms with Gasteiger partial charge in [-0.05, 0) is 54.4 Å². The van der Waals surface area contributed by atoms with Gasteiger partial charge in [0.2, 0.25) is 0 Å². The van der Waals surface area contributed by atoms with Crippen molar-refractivity contribution in [2.45, 2.75) is 38.6 Å². The van der Waals surface area contributed by atoms with Crippen LogP contribution in [-0.2, 0) is 19.7 Å². The third kappa shape index (κ3) is 5.61. The molecule has 4 aromatic rings. The SMILES string of the molecule is Clc1ccccc1COc1ccc2ccccc2c1CNC1CCN(Cc2ccccc2)CC1. The number of hydrogen-bond acceptors (Lipinski definition) is 3. The number of benzene rings is 4. The Morgan fingerprint density at radius 2 is 1.56 bits per heavy atom. The number of fused-ring (bicyclic) bond motifs is 1. The molecule has 1 heterocycles. The Bertz CT molecular complexity index is 1220. The van der Waals surface area contributed by atoms with E-state index in [1.807, 2.05) is 24.3 Å². The third-order valence-corrected chi connectivity index (χ3v) is 7.11. The van der Waals surface area contributed by atoms with Gasteiger partial charge in [-0.1, -0.05) is 90.5 Å². The smallest absolute Gasteiger partial charge is 0.124 e. The second kappa shape index (κ2) is 11.1. The summed E-state index contributed by atoms with van der Waals surface area (Å²) in [6.45, 7) is 4.54. The second-order valence-electron chi connectivity index (χ2n) is 9.06. The Kier molecular flexibility index (Phi) is 7.45. The molecule has 0 amide bonds. The first-order valence-electron chi connectivity index (χ1n) is 12.1. The van der Waals surface area contributed by atoms with Gasteiger partial charge < -0.3 is 10.1 Å². The van der Waals surface area contributed by atoms with Crippen molar-refractivity contribution in [3.8, 4) is 5.75 Å². The molecule has 34 heavy (non-hydrogen) atoms. The van der Waals surface area contributed by atoms with Crippen LogP contribution in [0.5, 0.6) is 5.75 Å². The molecular weight excluding hydrogens is 440 g/mol. The van der Waals surface area contributed by atoms with E-state index in [9.17, 15) is 0 Å². The van der Waals surface area contributed by atoms with Gasteiger partial charge >= 0.3 is 0 Å². The van der Waals surface area contributed by atoms with Gasteiger partial charge in [0.1, 0.15) is 12.4 Å². The van der Waals surface area contributed by atoms with Crippen molar-refractivity contribution in [1.29, 1.82) is 0 Å². The van der Waals surface area contributed by atoms with E-state index in [4.69, 9.17) is 16.3 Å². The van der Waals surface area contributed by atoms with Crippen LogP contribution in [0.15, 0.2) is 91.0 Å². The van der Waals surface area contributed by atoms with Crippen LogP contribution in [0.25, 0.3) is 10.8 Å². The lowest BCUT2D eigenvalue weighted by molar-refractivity contribution is 0.190. The first-order valence-corrected chi connectivity index (χ1v) is 12.5. The van der Waals surface area contributed by atoms with Gasteiger partial charge in [-0.25, -0.2) is 0 Å². The molecular formula is C30H31ClN2O. The molecule has 0 aromatic heterocycles. The molecule has 0 atom stereocenters. The van der Waals surface area contributed by atoms with E-state index >= 15 is 0 Å². The highest BCUT2D eigenvalue weighted by Gasteiger charge is 2.20. The quantitative estimate of drug-likeness (QED) is 0.305. The van der Waals surface area contributed by atoms with Crippen molar-refractivity contribution >= 4 is 22.4 Å². The summed E-state index contributed by atoms with van der Waals surface area (Å²) in [6, 6.07) is 31.9. The molecule has 1 saturated heterocycles. The van der Waals surface area contributed by atoms with Crippen molar-refractivity contribution in [3.05, 3.63) is 113 Å². The summed E-state index contributed by atoms with van der Waals surface area (Å²) in [7, 11) is 0. The molecule has 0 spiro atoms. The number of halogens is 1. The van der Waals surface area contributed by atoms with Crippen molar-refractivity contribution < 1.29 is 4.74 Å². The number of hydrogen-bond donors (Lipinski definition) is 1. The molecule has 0 aliphatic carbocycles. The molecule has 0 bridgehead atoms. The molecule has 0 radical (unpaired) electrons. The average molecular weight is 471 g/mol. The van der Waals surface area contributed by atoms with Gasteiger partial charge in [-0.2, -0.15) is 0 Å². The number of ether oxygens (including phenoxy) is 1. The lowest BCUT2D eigenvalue weighted by atomic mass is 10.0. The molecule has 0 saturated carbocycles. The maximum atomic E-state index is 6.35. The molecule has 5 rings (SSSR count). The van der Waals surface area contributed by atoms with Crippen LogP contribution in [-0.4, -0.2) is 24.0 Å². The minimum absolute atomic E-state index is 0.461. The number of nitrogens with zero attached hydrogens (tertiary/aromatic N) is 1. The molecule has 4 aromatic carbocycles. The van der Waals surface area contributed by atoms with Crippen molar-refractivity contribution in [1.82, 2.24) is 10.2 Å². The summed E-state index contributed by atoms with van der Waals surface area (Å²) in [5.74, 6) is 0.924. The Morgan fingerprint density at radius 3 is 2.38 bits per heavy atom. The molecule has 1 fully saturated rings. The summed E-state index contributed by atoms with van der Waals surface area (Å²) in [4.78, 5) is 2.56. The van der Waals surface area contributed by atoms with Crippen LogP contribution in [0.1, 0.15) is 29.5 Å². The third-order valence-electron chi connectivity index (χ3n) is 6.74. The summed E-state index contributed by atoms with van der Waals surface area (Å²) in [6.07, 6.45) is 2.32. The fourth-order valence-electron chi connectivity index (χ4n) is 4.79. The fraction of sp³-hybridized carbons (Fsp3) is 0.267. The fourth-order valence-corrected chi connectivity index (χ4v) is 4.98. The molecule has 0 unspecified atom stereocenters. The normalized spacial score (nSPS) is 15.0. The first kappa shape index (κ1) is 22.9. The summed E-state index contributed by atoms with van der Waals surface area (Å²) < 4.78 is 6.30. The highest BCUT2D eigenvalue weighted by atomic mass is 35.5. The summed E-state index contributed by atoms with van der Waals surface area (Å²) in [5.41, 5.74) is 3.61. The van der Waals surface area contributed by atoms with E-state index in [1.165, 1.54) is 21.9 Å². The van der Waals surface area contributed by atoms with E-state index in [0.29, 0.717) is 12.6 Å². The highest BCUT2D eigenvalue weighted by molar-refractivity contribution is 6.31. The second-order valence-corrected chi connectivity index (χ2v) is 9.47.